The summed E-state index contributed by atoms with van der Waals surface area (Å²) in [6.45, 7) is 3.45. The molecular formula is C13H14FNS. The van der Waals surface area contributed by atoms with E-state index in [0.29, 0.717) is 0 Å². The molecule has 2 aromatic rings. The Morgan fingerprint density at radius 3 is 2.81 bits per heavy atom. The predicted octanol–water partition coefficient (Wildman–Crippen LogP) is 3.64. The lowest BCUT2D eigenvalue weighted by atomic mass is 10.2. The van der Waals surface area contributed by atoms with Crippen LogP contribution in [0.1, 0.15) is 17.7 Å². The maximum Gasteiger partial charge on any atom is 0.124 e. The number of likely N-dealkylation sites (tertiary alicyclic amines) is 1. The first-order valence-corrected chi connectivity index (χ1v) is 6.53. The number of halogens is 1. The van der Waals surface area contributed by atoms with Crippen LogP contribution in [0.25, 0.3) is 10.1 Å². The van der Waals surface area contributed by atoms with Gasteiger partial charge < -0.3 is 0 Å². The molecule has 1 aromatic heterocycles. The van der Waals surface area contributed by atoms with E-state index in [1.54, 1.807) is 17.4 Å². The molecule has 3 heteroatoms. The smallest absolute Gasteiger partial charge is 0.124 e. The summed E-state index contributed by atoms with van der Waals surface area (Å²) in [7, 11) is 0. The van der Waals surface area contributed by atoms with E-state index >= 15 is 0 Å². The summed E-state index contributed by atoms with van der Waals surface area (Å²) in [5.41, 5.74) is 0. The minimum absolute atomic E-state index is 0.137. The lowest BCUT2D eigenvalue weighted by Crippen LogP contribution is -2.17. The van der Waals surface area contributed by atoms with E-state index in [2.05, 4.69) is 11.0 Å². The summed E-state index contributed by atoms with van der Waals surface area (Å²) in [6.07, 6.45) is 2.64. The number of hydrogen-bond donors (Lipinski definition) is 0. The van der Waals surface area contributed by atoms with E-state index in [4.69, 9.17) is 0 Å². The molecule has 1 nitrogen and oxygen atoms in total. The normalized spacial score (nSPS) is 17.3. The number of rotatable bonds is 2. The Hall–Kier alpha value is -0.930. The SMILES string of the molecule is Fc1ccc2cc(CN3CCCC3)sc2c1. The van der Waals surface area contributed by atoms with Crippen molar-refractivity contribution in [2.45, 2.75) is 19.4 Å². The Morgan fingerprint density at radius 1 is 1.19 bits per heavy atom. The van der Waals surface area contributed by atoms with E-state index in [9.17, 15) is 4.39 Å². The third kappa shape index (κ3) is 1.97. The molecular weight excluding hydrogens is 221 g/mol. The van der Waals surface area contributed by atoms with Gasteiger partial charge in [-0.1, -0.05) is 6.07 Å². The summed E-state index contributed by atoms with van der Waals surface area (Å²) in [5, 5.41) is 1.17. The minimum Gasteiger partial charge on any atom is -0.298 e. The van der Waals surface area contributed by atoms with Gasteiger partial charge >= 0.3 is 0 Å². The molecule has 3 rings (SSSR count). The highest BCUT2D eigenvalue weighted by molar-refractivity contribution is 7.19. The molecule has 1 aromatic carbocycles. The molecule has 0 saturated carbocycles. The van der Waals surface area contributed by atoms with Gasteiger partial charge in [-0.2, -0.15) is 0 Å². The molecule has 1 saturated heterocycles. The van der Waals surface area contributed by atoms with Gasteiger partial charge in [0.05, 0.1) is 0 Å². The lowest BCUT2D eigenvalue weighted by Gasteiger charge is -2.12. The van der Waals surface area contributed by atoms with Crippen LogP contribution in [-0.4, -0.2) is 18.0 Å². The number of fused-ring (bicyclic) bond motifs is 1. The van der Waals surface area contributed by atoms with Crippen molar-refractivity contribution in [2.75, 3.05) is 13.1 Å². The van der Waals surface area contributed by atoms with Crippen LogP contribution in [0.3, 0.4) is 0 Å². The highest BCUT2D eigenvalue weighted by Crippen LogP contribution is 2.28. The van der Waals surface area contributed by atoms with Crippen LogP contribution in [0, 0.1) is 5.82 Å². The highest BCUT2D eigenvalue weighted by Gasteiger charge is 2.13. The van der Waals surface area contributed by atoms with Crippen molar-refractivity contribution >= 4 is 21.4 Å². The van der Waals surface area contributed by atoms with Crippen LogP contribution in [0.4, 0.5) is 4.39 Å². The Bertz CT molecular complexity index is 500. The van der Waals surface area contributed by atoms with Gasteiger partial charge in [-0.15, -0.1) is 11.3 Å². The van der Waals surface area contributed by atoms with Crippen molar-refractivity contribution in [2.24, 2.45) is 0 Å². The molecule has 1 fully saturated rings. The van der Waals surface area contributed by atoms with Gasteiger partial charge in [0.2, 0.25) is 0 Å². The van der Waals surface area contributed by atoms with E-state index < -0.39 is 0 Å². The quantitative estimate of drug-likeness (QED) is 0.768. The molecule has 1 aliphatic rings. The van der Waals surface area contributed by atoms with Crippen molar-refractivity contribution in [3.63, 3.8) is 0 Å². The molecule has 0 aliphatic carbocycles. The van der Waals surface area contributed by atoms with E-state index in [1.165, 1.54) is 42.3 Å². The summed E-state index contributed by atoms with van der Waals surface area (Å²) in [4.78, 5) is 3.82. The summed E-state index contributed by atoms with van der Waals surface area (Å²) in [5.74, 6) is -0.137. The van der Waals surface area contributed by atoms with Gasteiger partial charge in [-0.3, -0.25) is 4.90 Å². The maximum atomic E-state index is 13.0. The second-order valence-electron chi connectivity index (χ2n) is 4.38. The van der Waals surface area contributed by atoms with Crippen molar-refractivity contribution in [3.8, 4) is 0 Å². The zero-order valence-corrected chi connectivity index (χ0v) is 9.89. The average Bonchev–Trinajstić information content (AvgIpc) is 2.86. The van der Waals surface area contributed by atoms with E-state index in [1.807, 2.05) is 6.07 Å². The summed E-state index contributed by atoms with van der Waals surface area (Å²) < 4.78 is 14.1. The Labute approximate surface area is 98.5 Å². The van der Waals surface area contributed by atoms with Crippen LogP contribution in [-0.2, 0) is 6.54 Å². The fourth-order valence-corrected chi connectivity index (χ4v) is 3.43. The van der Waals surface area contributed by atoms with Crippen molar-refractivity contribution in [1.82, 2.24) is 4.90 Å². The largest absolute Gasteiger partial charge is 0.298 e. The third-order valence-electron chi connectivity index (χ3n) is 3.11. The van der Waals surface area contributed by atoms with Gasteiger partial charge in [-0.05, 0) is 49.5 Å². The molecule has 0 atom stereocenters. The Kier molecular flexibility index (Phi) is 2.65. The minimum atomic E-state index is -0.137. The number of nitrogens with zero attached hydrogens (tertiary/aromatic N) is 1. The van der Waals surface area contributed by atoms with Gasteiger partial charge in [0.1, 0.15) is 5.82 Å². The maximum absolute atomic E-state index is 13.0. The first-order chi connectivity index (χ1) is 7.81. The Morgan fingerprint density at radius 2 is 2.00 bits per heavy atom. The second-order valence-corrected chi connectivity index (χ2v) is 5.55. The summed E-state index contributed by atoms with van der Waals surface area (Å²) >= 11 is 1.72. The number of thiophene rings is 1. The molecule has 1 aliphatic heterocycles. The molecule has 16 heavy (non-hydrogen) atoms. The van der Waals surface area contributed by atoms with Crippen LogP contribution in [0.2, 0.25) is 0 Å². The van der Waals surface area contributed by atoms with Crippen molar-refractivity contribution in [1.29, 1.82) is 0 Å². The first-order valence-electron chi connectivity index (χ1n) is 5.71. The van der Waals surface area contributed by atoms with Gasteiger partial charge in [0.25, 0.3) is 0 Å². The lowest BCUT2D eigenvalue weighted by molar-refractivity contribution is 0.334. The molecule has 0 amide bonds. The van der Waals surface area contributed by atoms with Crippen LogP contribution in [0.5, 0.6) is 0 Å². The monoisotopic (exact) mass is 235 g/mol. The molecule has 84 valence electrons. The molecule has 2 heterocycles. The Balaban J connectivity index is 1.86. The topological polar surface area (TPSA) is 3.24 Å². The van der Waals surface area contributed by atoms with Gasteiger partial charge in [-0.25, -0.2) is 4.39 Å². The third-order valence-corrected chi connectivity index (χ3v) is 4.19. The first kappa shape index (κ1) is 10.2. The molecule has 0 bridgehead atoms. The highest BCUT2D eigenvalue weighted by atomic mass is 32.1. The van der Waals surface area contributed by atoms with Gasteiger partial charge in [0.15, 0.2) is 0 Å². The fraction of sp³-hybridized carbons (Fsp3) is 0.385. The zero-order chi connectivity index (χ0) is 11.0. The number of hydrogen-bond acceptors (Lipinski definition) is 2. The molecule has 0 spiro atoms. The predicted molar refractivity (Wildman–Crippen MR) is 66.3 cm³/mol. The fourth-order valence-electron chi connectivity index (χ4n) is 2.30. The summed E-state index contributed by atoms with van der Waals surface area (Å²) in [6, 6.07) is 7.23. The van der Waals surface area contributed by atoms with Crippen molar-refractivity contribution < 1.29 is 4.39 Å². The van der Waals surface area contributed by atoms with E-state index in [0.717, 1.165) is 11.2 Å². The average molecular weight is 235 g/mol. The molecule has 0 unspecified atom stereocenters. The van der Waals surface area contributed by atoms with Crippen molar-refractivity contribution in [3.05, 3.63) is 35.0 Å². The standard InChI is InChI=1S/C13H14FNS/c14-11-4-3-10-7-12(16-13(10)8-11)9-15-5-1-2-6-15/h3-4,7-8H,1-2,5-6,9H2. The van der Waals surface area contributed by atoms with Crippen LogP contribution < -0.4 is 0 Å². The molecule has 0 radical (unpaired) electrons. The van der Waals surface area contributed by atoms with Crippen LogP contribution in [0.15, 0.2) is 24.3 Å². The second kappa shape index (κ2) is 4.15. The molecule has 0 N–H and O–H groups in total. The van der Waals surface area contributed by atoms with E-state index in [-0.39, 0.29) is 5.82 Å². The number of benzene rings is 1. The van der Waals surface area contributed by atoms with Gasteiger partial charge in [0, 0.05) is 16.1 Å². The zero-order valence-electron chi connectivity index (χ0n) is 9.08. The van der Waals surface area contributed by atoms with Crippen LogP contribution >= 0.6 is 11.3 Å².